The van der Waals surface area contributed by atoms with E-state index in [1.165, 1.54) is 12.8 Å². The third kappa shape index (κ3) is 3.88. The number of aryl methyl sites for hydroxylation is 1. The van der Waals surface area contributed by atoms with Crippen LogP contribution in [0.15, 0.2) is 12.3 Å². The highest BCUT2D eigenvalue weighted by Gasteiger charge is 2.14. The molecule has 0 amide bonds. The van der Waals surface area contributed by atoms with Crippen molar-refractivity contribution >= 4 is 23.0 Å². The van der Waals surface area contributed by atoms with Gasteiger partial charge in [-0.1, -0.05) is 12.2 Å². The summed E-state index contributed by atoms with van der Waals surface area (Å²) < 4.78 is 5.71. The molecule has 2 rings (SSSR count). The molecule has 0 saturated carbocycles. The van der Waals surface area contributed by atoms with Crippen molar-refractivity contribution in [2.75, 3.05) is 18.5 Å². The fourth-order valence-electron chi connectivity index (χ4n) is 2.39. The lowest BCUT2D eigenvalue weighted by molar-refractivity contribution is 0.0134. The van der Waals surface area contributed by atoms with Gasteiger partial charge in [0.15, 0.2) is 0 Å². The molecule has 1 atom stereocenters. The molecule has 2 heterocycles. The minimum atomic E-state index is 0.374. The Hall–Kier alpha value is -1.20. The molecule has 1 saturated heterocycles. The van der Waals surface area contributed by atoms with Gasteiger partial charge in [-0.3, -0.25) is 0 Å². The monoisotopic (exact) mass is 279 g/mol. The lowest BCUT2D eigenvalue weighted by Crippen LogP contribution is -2.23. The van der Waals surface area contributed by atoms with Crippen molar-refractivity contribution < 1.29 is 4.74 Å². The van der Waals surface area contributed by atoms with E-state index in [9.17, 15) is 0 Å². The smallest absolute Gasteiger partial charge is 0.136 e. The van der Waals surface area contributed by atoms with Gasteiger partial charge in [-0.05, 0) is 44.2 Å². The highest BCUT2D eigenvalue weighted by molar-refractivity contribution is 7.80. The van der Waals surface area contributed by atoms with Gasteiger partial charge in [-0.15, -0.1) is 0 Å². The minimum absolute atomic E-state index is 0.374. The van der Waals surface area contributed by atoms with E-state index in [4.69, 9.17) is 22.7 Å². The molecule has 1 fully saturated rings. The number of nitrogens with two attached hydrogens (primary N) is 1. The van der Waals surface area contributed by atoms with E-state index < -0.39 is 0 Å². The van der Waals surface area contributed by atoms with E-state index in [1.807, 2.05) is 13.0 Å². The molecule has 4 nitrogen and oxygen atoms in total. The predicted octanol–water partition coefficient (Wildman–Crippen LogP) is 2.40. The van der Waals surface area contributed by atoms with Crippen LogP contribution < -0.4 is 11.1 Å². The van der Waals surface area contributed by atoms with Gasteiger partial charge in [-0.25, -0.2) is 4.98 Å². The quantitative estimate of drug-likeness (QED) is 0.810. The number of nitrogens with one attached hydrogen (secondary N) is 1. The first-order valence-corrected chi connectivity index (χ1v) is 7.20. The Morgan fingerprint density at radius 1 is 1.58 bits per heavy atom. The van der Waals surface area contributed by atoms with Crippen LogP contribution in [0, 0.1) is 6.92 Å². The van der Waals surface area contributed by atoms with Crippen LogP contribution in [-0.4, -0.2) is 29.2 Å². The lowest BCUT2D eigenvalue weighted by atomic mass is 10.1. The van der Waals surface area contributed by atoms with Crippen LogP contribution in [0.3, 0.4) is 0 Å². The molecule has 3 N–H and O–H groups in total. The van der Waals surface area contributed by atoms with Gasteiger partial charge in [0.25, 0.3) is 0 Å². The fraction of sp³-hybridized carbons (Fsp3) is 0.571. The summed E-state index contributed by atoms with van der Waals surface area (Å²) in [5, 5.41) is 3.32. The molecule has 19 heavy (non-hydrogen) atoms. The molecule has 1 aliphatic heterocycles. The molecule has 0 radical (unpaired) electrons. The maximum absolute atomic E-state index is 5.76. The largest absolute Gasteiger partial charge is 0.389 e. The van der Waals surface area contributed by atoms with Crippen LogP contribution in [0.4, 0.5) is 5.82 Å². The summed E-state index contributed by atoms with van der Waals surface area (Å²) in [6.45, 7) is 3.72. The Morgan fingerprint density at radius 2 is 2.42 bits per heavy atom. The number of ether oxygens (including phenoxy) is 1. The minimum Gasteiger partial charge on any atom is -0.389 e. The first kappa shape index (κ1) is 14.2. The van der Waals surface area contributed by atoms with Crippen molar-refractivity contribution in [1.82, 2.24) is 4.98 Å². The highest BCUT2D eigenvalue weighted by atomic mass is 32.1. The second kappa shape index (κ2) is 6.82. The van der Waals surface area contributed by atoms with Crippen molar-refractivity contribution in [2.24, 2.45) is 5.73 Å². The maximum Gasteiger partial charge on any atom is 0.136 e. The zero-order valence-corrected chi connectivity index (χ0v) is 12.1. The van der Waals surface area contributed by atoms with Crippen molar-refractivity contribution in [3.8, 4) is 0 Å². The van der Waals surface area contributed by atoms with Crippen molar-refractivity contribution in [2.45, 2.75) is 38.7 Å². The SMILES string of the molecule is Cc1ccnc(NCCC2CCCCO2)c1C(N)=S. The summed E-state index contributed by atoms with van der Waals surface area (Å²) in [5.41, 5.74) is 7.66. The predicted molar refractivity (Wildman–Crippen MR) is 81.6 cm³/mol. The Bertz CT molecular complexity index is 444. The topological polar surface area (TPSA) is 60.2 Å². The number of anilines is 1. The second-order valence-corrected chi connectivity index (χ2v) is 5.36. The molecule has 0 aliphatic carbocycles. The number of rotatable bonds is 5. The third-order valence-corrected chi connectivity index (χ3v) is 3.64. The van der Waals surface area contributed by atoms with Crippen LogP contribution in [0.25, 0.3) is 0 Å². The summed E-state index contributed by atoms with van der Waals surface area (Å²) >= 11 is 5.09. The number of thiocarbonyl (C=S) groups is 1. The Labute approximate surface area is 119 Å². The van der Waals surface area contributed by atoms with Crippen molar-refractivity contribution in [3.05, 3.63) is 23.4 Å². The zero-order chi connectivity index (χ0) is 13.7. The molecule has 0 spiro atoms. The van der Waals surface area contributed by atoms with E-state index in [0.717, 1.165) is 42.9 Å². The highest BCUT2D eigenvalue weighted by Crippen LogP contribution is 2.18. The number of hydrogen-bond donors (Lipinski definition) is 2. The van der Waals surface area contributed by atoms with Crippen molar-refractivity contribution in [1.29, 1.82) is 0 Å². The third-order valence-electron chi connectivity index (χ3n) is 3.44. The lowest BCUT2D eigenvalue weighted by Gasteiger charge is -2.22. The fourth-order valence-corrected chi connectivity index (χ4v) is 2.65. The first-order chi connectivity index (χ1) is 9.18. The first-order valence-electron chi connectivity index (χ1n) is 6.79. The molecule has 5 heteroatoms. The summed E-state index contributed by atoms with van der Waals surface area (Å²) in [7, 11) is 0. The second-order valence-electron chi connectivity index (χ2n) is 4.92. The molecular weight excluding hydrogens is 258 g/mol. The molecule has 104 valence electrons. The molecule has 1 aromatic heterocycles. The summed E-state index contributed by atoms with van der Waals surface area (Å²) in [5.74, 6) is 0.781. The molecular formula is C14H21N3OS. The Kier molecular flexibility index (Phi) is 5.10. The zero-order valence-electron chi connectivity index (χ0n) is 11.3. The summed E-state index contributed by atoms with van der Waals surface area (Å²) in [4.78, 5) is 4.71. The van der Waals surface area contributed by atoms with E-state index in [2.05, 4.69) is 10.3 Å². The number of aromatic nitrogens is 1. The number of hydrogen-bond acceptors (Lipinski definition) is 4. The van der Waals surface area contributed by atoms with Crippen LogP contribution in [0.2, 0.25) is 0 Å². The average Bonchev–Trinajstić information content (AvgIpc) is 2.39. The van der Waals surface area contributed by atoms with Gasteiger partial charge >= 0.3 is 0 Å². The van der Waals surface area contributed by atoms with Crippen LogP contribution >= 0.6 is 12.2 Å². The van der Waals surface area contributed by atoms with E-state index >= 15 is 0 Å². The van der Waals surface area contributed by atoms with Gasteiger partial charge in [0.1, 0.15) is 10.8 Å². The maximum atomic E-state index is 5.76. The normalized spacial score (nSPS) is 19.1. The Balaban J connectivity index is 1.92. The van der Waals surface area contributed by atoms with Gasteiger partial charge < -0.3 is 15.8 Å². The molecule has 1 aromatic rings. The summed E-state index contributed by atoms with van der Waals surface area (Å²) in [6, 6.07) is 1.92. The van der Waals surface area contributed by atoms with E-state index in [-0.39, 0.29) is 0 Å². The van der Waals surface area contributed by atoms with Gasteiger partial charge in [0, 0.05) is 19.3 Å². The molecule has 1 aliphatic rings. The van der Waals surface area contributed by atoms with Crippen LogP contribution in [0.5, 0.6) is 0 Å². The number of pyridine rings is 1. The van der Waals surface area contributed by atoms with Crippen molar-refractivity contribution in [3.63, 3.8) is 0 Å². The van der Waals surface area contributed by atoms with Gasteiger partial charge in [0.05, 0.1) is 11.7 Å². The molecule has 0 aromatic carbocycles. The Morgan fingerprint density at radius 3 is 3.11 bits per heavy atom. The van der Waals surface area contributed by atoms with Crippen LogP contribution in [0.1, 0.15) is 36.8 Å². The van der Waals surface area contributed by atoms with Crippen LogP contribution in [-0.2, 0) is 4.74 Å². The molecule has 1 unspecified atom stereocenters. The van der Waals surface area contributed by atoms with Gasteiger partial charge in [0.2, 0.25) is 0 Å². The van der Waals surface area contributed by atoms with Gasteiger partial charge in [-0.2, -0.15) is 0 Å². The molecule has 0 bridgehead atoms. The van der Waals surface area contributed by atoms with E-state index in [0.29, 0.717) is 11.1 Å². The average molecular weight is 279 g/mol. The number of nitrogens with zero attached hydrogens (tertiary/aromatic N) is 1. The summed E-state index contributed by atoms with van der Waals surface area (Å²) in [6.07, 6.45) is 6.76. The van der Waals surface area contributed by atoms with E-state index in [1.54, 1.807) is 6.20 Å². The standard InChI is InChI=1S/C14H21N3OS/c1-10-5-7-16-14(12(10)13(15)19)17-8-6-11-4-2-3-9-18-11/h5,7,11H,2-4,6,8-9H2,1H3,(H2,15,19)(H,16,17).